The van der Waals surface area contributed by atoms with Gasteiger partial charge in [0.15, 0.2) is 11.2 Å². The summed E-state index contributed by atoms with van der Waals surface area (Å²) < 4.78 is 29.6. The molecule has 0 amide bonds. The third kappa shape index (κ3) is 4.83. The molecule has 156 valence electrons. The molecule has 0 aliphatic heterocycles. The van der Waals surface area contributed by atoms with Crippen molar-refractivity contribution in [3.8, 4) is 0 Å². The highest BCUT2D eigenvalue weighted by molar-refractivity contribution is 7.89. The van der Waals surface area contributed by atoms with E-state index in [4.69, 9.17) is 0 Å². The molecule has 9 nitrogen and oxygen atoms in total. The van der Waals surface area contributed by atoms with Crippen molar-refractivity contribution in [1.29, 1.82) is 0 Å². The van der Waals surface area contributed by atoms with Crippen LogP contribution in [0.3, 0.4) is 0 Å². The molecule has 0 saturated heterocycles. The predicted octanol–water partition coefficient (Wildman–Crippen LogP) is 1.03. The van der Waals surface area contributed by atoms with Gasteiger partial charge in [-0.1, -0.05) is 38.1 Å². The van der Waals surface area contributed by atoms with E-state index < -0.39 is 21.3 Å². The number of aryl methyl sites for hydroxylation is 1. The molecule has 0 unspecified atom stereocenters. The van der Waals surface area contributed by atoms with E-state index in [-0.39, 0.29) is 24.8 Å². The van der Waals surface area contributed by atoms with Crippen LogP contribution in [0, 0.1) is 5.92 Å². The van der Waals surface area contributed by atoms with Crippen LogP contribution in [0.4, 0.5) is 0 Å². The van der Waals surface area contributed by atoms with Crippen molar-refractivity contribution < 1.29 is 8.42 Å². The minimum absolute atomic E-state index is 0.0542. The largest absolute Gasteiger partial charge is 0.330 e. The maximum absolute atomic E-state index is 12.3. The zero-order valence-electron chi connectivity index (χ0n) is 16.7. The smallest absolute Gasteiger partial charge is 0.325 e. The first-order valence-corrected chi connectivity index (χ1v) is 11.1. The molecule has 1 aromatic carbocycles. The monoisotopic (exact) mass is 419 g/mol. The Labute approximate surface area is 168 Å². The lowest BCUT2D eigenvalue weighted by Crippen LogP contribution is -2.31. The second-order valence-corrected chi connectivity index (χ2v) is 9.21. The number of hydrogen-bond donors (Lipinski definition) is 2. The molecule has 0 fully saturated rings. The van der Waals surface area contributed by atoms with E-state index in [1.807, 2.05) is 45.0 Å². The quantitative estimate of drug-likeness (QED) is 0.565. The first-order valence-electron chi connectivity index (χ1n) is 9.43. The topological polar surface area (TPSA) is 119 Å². The van der Waals surface area contributed by atoms with Gasteiger partial charge in [-0.15, -0.1) is 0 Å². The highest BCUT2D eigenvalue weighted by atomic mass is 32.2. The van der Waals surface area contributed by atoms with Gasteiger partial charge >= 0.3 is 5.69 Å². The van der Waals surface area contributed by atoms with Gasteiger partial charge in [-0.05, 0) is 24.0 Å². The van der Waals surface area contributed by atoms with E-state index >= 15 is 0 Å². The van der Waals surface area contributed by atoms with Crippen LogP contribution in [0.2, 0.25) is 0 Å². The molecule has 10 heteroatoms. The molecule has 0 radical (unpaired) electrons. The molecule has 2 heterocycles. The van der Waals surface area contributed by atoms with Crippen molar-refractivity contribution in [3.05, 3.63) is 62.6 Å². The first-order chi connectivity index (χ1) is 13.7. The zero-order chi connectivity index (χ0) is 21.2. The maximum atomic E-state index is 12.3. The summed E-state index contributed by atoms with van der Waals surface area (Å²) in [5, 5.41) is 0. The van der Waals surface area contributed by atoms with Crippen molar-refractivity contribution in [1.82, 2.24) is 23.8 Å². The Bertz CT molecular complexity index is 1220. The van der Waals surface area contributed by atoms with Crippen LogP contribution in [-0.4, -0.2) is 33.3 Å². The van der Waals surface area contributed by atoms with Gasteiger partial charge in [-0.2, -0.15) is 0 Å². The Balaban J connectivity index is 1.80. The summed E-state index contributed by atoms with van der Waals surface area (Å²) >= 11 is 0. The van der Waals surface area contributed by atoms with Crippen molar-refractivity contribution in [3.63, 3.8) is 0 Å². The summed E-state index contributed by atoms with van der Waals surface area (Å²) in [6, 6.07) is 7.27. The van der Waals surface area contributed by atoms with Crippen LogP contribution in [-0.2, 0) is 29.7 Å². The van der Waals surface area contributed by atoms with E-state index in [1.165, 1.54) is 4.57 Å². The molecule has 0 aliphatic rings. The van der Waals surface area contributed by atoms with Gasteiger partial charge in [0.05, 0.1) is 18.6 Å². The highest BCUT2D eigenvalue weighted by Gasteiger charge is 2.14. The lowest BCUT2D eigenvalue weighted by atomic mass is 10.1. The number of H-pyrrole nitrogens is 1. The summed E-state index contributed by atoms with van der Waals surface area (Å²) in [6.07, 6.45) is 1.54. The number of imidazole rings is 1. The van der Waals surface area contributed by atoms with Crippen LogP contribution >= 0.6 is 0 Å². The second-order valence-electron chi connectivity index (χ2n) is 7.36. The van der Waals surface area contributed by atoms with Gasteiger partial charge in [0, 0.05) is 13.1 Å². The Kier molecular flexibility index (Phi) is 6.04. The number of fused-ring (bicyclic) bond motifs is 1. The second kappa shape index (κ2) is 8.34. The Morgan fingerprint density at radius 1 is 1.14 bits per heavy atom. The average molecular weight is 420 g/mol. The summed E-state index contributed by atoms with van der Waals surface area (Å²) in [5.74, 6) is 0.138. The third-order valence-electron chi connectivity index (χ3n) is 4.51. The van der Waals surface area contributed by atoms with Crippen LogP contribution in [0.5, 0.6) is 0 Å². The fourth-order valence-electron chi connectivity index (χ4n) is 3.14. The Morgan fingerprint density at radius 2 is 1.79 bits per heavy atom. The Morgan fingerprint density at radius 3 is 2.41 bits per heavy atom. The standard InChI is InChI=1S/C19H25N5O4S/c1-4-23-12-20-17-16(23)18(25)22-19(26)24(17)10-15-7-5-14(6-8-15)9-21-29(27,28)11-13(2)3/h5-8,12-13,21H,4,9-11H2,1-3H3,(H,22,25,26). The number of benzene rings is 1. The molecule has 2 aromatic heterocycles. The van der Waals surface area contributed by atoms with Crippen molar-refractivity contribution in [2.24, 2.45) is 5.92 Å². The molecule has 0 spiro atoms. The molecule has 0 bridgehead atoms. The van der Waals surface area contributed by atoms with Gasteiger partial charge in [-0.25, -0.2) is 22.9 Å². The van der Waals surface area contributed by atoms with Crippen LogP contribution < -0.4 is 16.0 Å². The number of sulfonamides is 1. The van der Waals surface area contributed by atoms with E-state index in [2.05, 4.69) is 14.7 Å². The average Bonchev–Trinajstić information content (AvgIpc) is 3.08. The number of aromatic nitrogens is 4. The minimum Gasteiger partial charge on any atom is -0.325 e. The molecule has 0 aliphatic carbocycles. The third-order valence-corrected chi connectivity index (χ3v) is 6.20. The van der Waals surface area contributed by atoms with E-state index in [1.54, 1.807) is 10.9 Å². The van der Waals surface area contributed by atoms with Gasteiger partial charge in [-0.3, -0.25) is 14.3 Å². The normalized spacial score (nSPS) is 12.1. The van der Waals surface area contributed by atoms with Crippen molar-refractivity contribution in [2.45, 2.75) is 40.4 Å². The number of aromatic amines is 1. The molecule has 3 rings (SSSR count). The van der Waals surface area contributed by atoms with Gasteiger partial charge in [0.1, 0.15) is 0 Å². The van der Waals surface area contributed by atoms with Crippen molar-refractivity contribution in [2.75, 3.05) is 5.75 Å². The van der Waals surface area contributed by atoms with Crippen LogP contribution in [0.25, 0.3) is 11.2 Å². The van der Waals surface area contributed by atoms with Gasteiger partial charge < -0.3 is 4.57 Å². The lowest BCUT2D eigenvalue weighted by molar-refractivity contribution is 0.568. The van der Waals surface area contributed by atoms with Gasteiger partial charge in [0.25, 0.3) is 5.56 Å². The lowest BCUT2D eigenvalue weighted by Gasteiger charge is -2.10. The SMILES string of the molecule is CCn1cnc2c1c(=O)[nH]c(=O)n2Cc1ccc(CNS(=O)(=O)CC(C)C)cc1. The van der Waals surface area contributed by atoms with Crippen LogP contribution in [0.1, 0.15) is 31.9 Å². The van der Waals surface area contributed by atoms with Crippen LogP contribution in [0.15, 0.2) is 40.2 Å². The molecule has 3 aromatic rings. The summed E-state index contributed by atoms with van der Waals surface area (Å²) in [7, 11) is -3.31. The Hall–Kier alpha value is -2.72. The number of nitrogens with one attached hydrogen (secondary N) is 2. The number of nitrogens with zero attached hydrogens (tertiary/aromatic N) is 3. The minimum atomic E-state index is -3.31. The first kappa shape index (κ1) is 21.0. The molecule has 0 atom stereocenters. The summed E-state index contributed by atoms with van der Waals surface area (Å²) in [5.41, 5.74) is 1.38. The van der Waals surface area contributed by atoms with Gasteiger partial charge in [0.2, 0.25) is 10.0 Å². The zero-order valence-corrected chi connectivity index (χ0v) is 17.5. The summed E-state index contributed by atoms with van der Waals surface area (Å²) in [4.78, 5) is 31.0. The number of rotatable bonds is 8. The highest BCUT2D eigenvalue weighted by Crippen LogP contribution is 2.10. The molecular formula is C19H25N5O4S. The molecular weight excluding hydrogens is 394 g/mol. The summed E-state index contributed by atoms with van der Waals surface area (Å²) in [6.45, 7) is 6.62. The van der Waals surface area contributed by atoms with Crippen molar-refractivity contribution >= 4 is 21.2 Å². The number of hydrogen-bond acceptors (Lipinski definition) is 5. The van der Waals surface area contributed by atoms with E-state index in [0.717, 1.165) is 11.1 Å². The van der Waals surface area contributed by atoms with E-state index in [0.29, 0.717) is 17.7 Å². The fourth-order valence-corrected chi connectivity index (χ4v) is 4.53. The maximum Gasteiger partial charge on any atom is 0.330 e. The molecule has 29 heavy (non-hydrogen) atoms. The molecule has 0 saturated carbocycles. The fraction of sp³-hybridized carbons (Fsp3) is 0.421. The predicted molar refractivity (Wildman–Crippen MR) is 111 cm³/mol. The van der Waals surface area contributed by atoms with E-state index in [9.17, 15) is 18.0 Å². The molecule has 2 N–H and O–H groups in total.